The summed E-state index contributed by atoms with van der Waals surface area (Å²) in [6, 6.07) is 0. The highest BCUT2D eigenvalue weighted by atomic mass is 32.2. The molecule has 0 aromatic carbocycles. The number of hydrogen-bond acceptors (Lipinski definition) is 4. The molecule has 1 heterocycles. The largest absolute Gasteiger partial charge is 0.339 e. The van der Waals surface area contributed by atoms with Gasteiger partial charge in [-0.3, -0.25) is 0 Å². The minimum absolute atomic E-state index is 0.0650. The van der Waals surface area contributed by atoms with Crippen molar-refractivity contribution in [3.05, 3.63) is 12.5 Å². The minimum Gasteiger partial charge on any atom is -0.339 e. The van der Waals surface area contributed by atoms with Gasteiger partial charge in [0.25, 0.3) is 10.0 Å². The van der Waals surface area contributed by atoms with Crippen LogP contribution in [0.4, 0.5) is 0 Å². The predicted octanol–water partition coefficient (Wildman–Crippen LogP) is 0.218. The summed E-state index contributed by atoms with van der Waals surface area (Å²) in [5, 5.41) is 0.0650. The third kappa shape index (κ3) is 2.73. The molecule has 0 amide bonds. The number of hydrogen-bond donors (Lipinski definition) is 2. The van der Waals surface area contributed by atoms with E-state index >= 15 is 0 Å². The Balaban J connectivity index is 2.05. The van der Waals surface area contributed by atoms with Crippen LogP contribution in [0.15, 0.2) is 17.6 Å². The molecule has 7 heteroatoms. The third-order valence-corrected chi connectivity index (χ3v) is 4.98. The Hall–Kier alpha value is -0.920. The van der Waals surface area contributed by atoms with Crippen LogP contribution in [0, 0.1) is 5.41 Å². The summed E-state index contributed by atoms with van der Waals surface area (Å²) in [5.74, 6) is 0. The summed E-state index contributed by atoms with van der Waals surface area (Å²) in [7, 11) is -1.77. The van der Waals surface area contributed by atoms with Crippen LogP contribution in [-0.2, 0) is 17.1 Å². The van der Waals surface area contributed by atoms with E-state index in [4.69, 9.17) is 5.73 Å². The zero-order chi connectivity index (χ0) is 13.2. The van der Waals surface area contributed by atoms with Crippen LogP contribution in [0.1, 0.15) is 25.7 Å². The Kier molecular flexibility index (Phi) is 3.74. The van der Waals surface area contributed by atoms with Gasteiger partial charge in [0.05, 0.1) is 6.33 Å². The number of sulfonamides is 1. The zero-order valence-electron chi connectivity index (χ0n) is 10.6. The summed E-state index contributed by atoms with van der Waals surface area (Å²) in [6.07, 6.45) is 7.21. The first kappa shape index (κ1) is 13.5. The van der Waals surface area contributed by atoms with Crippen molar-refractivity contribution in [2.45, 2.75) is 30.7 Å². The SMILES string of the molecule is Cn1cnc(S(=O)(=O)NCC2(CN)CCCC2)c1. The molecule has 18 heavy (non-hydrogen) atoms. The van der Waals surface area contributed by atoms with E-state index in [1.807, 2.05) is 0 Å². The van der Waals surface area contributed by atoms with Crippen LogP contribution >= 0.6 is 0 Å². The molecule has 0 saturated heterocycles. The first-order valence-corrected chi connectivity index (χ1v) is 7.63. The number of rotatable bonds is 5. The number of nitrogens with two attached hydrogens (primary N) is 1. The van der Waals surface area contributed by atoms with Crippen molar-refractivity contribution >= 4 is 10.0 Å². The normalized spacial score (nSPS) is 19.2. The van der Waals surface area contributed by atoms with Crippen molar-refractivity contribution in [3.8, 4) is 0 Å². The topological polar surface area (TPSA) is 90.0 Å². The van der Waals surface area contributed by atoms with Crippen molar-refractivity contribution < 1.29 is 8.42 Å². The fraction of sp³-hybridized carbons (Fsp3) is 0.727. The number of nitrogens with zero attached hydrogens (tertiary/aromatic N) is 2. The molecule has 0 atom stereocenters. The maximum absolute atomic E-state index is 12.0. The fourth-order valence-corrected chi connectivity index (χ4v) is 3.56. The Morgan fingerprint density at radius 1 is 1.50 bits per heavy atom. The molecule has 1 aromatic rings. The van der Waals surface area contributed by atoms with Gasteiger partial charge in [-0.15, -0.1) is 0 Å². The Morgan fingerprint density at radius 3 is 2.67 bits per heavy atom. The summed E-state index contributed by atoms with van der Waals surface area (Å²) >= 11 is 0. The van der Waals surface area contributed by atoms with Crippen LogP contribution < -0.4 is 10.5 Å². The quantitative estimate of drug-likeness (QED) is 0.802. The van der Waals surface area contributed by atoms with Crippen molar-refractivity contribution in [1.29, 1.82) is 0 Å². The first-order chi connectivity index (χ1) is 8.47. The molecular formula is C11H20N4O2S. The lowest BCUT2D eigenvalue weighted by molar-refractivity contribution is 0.309. The molecular weight excluding hydrogens is 252 g/mol. The van der Waals surface area contributed by atoms with E-state index in [1.54, 1.807) is 11.6 Å². The van der Waals surface area contributed by atoms with Crippen molar-refractivity contribution in [1.82, 2.24) is 14.3 Å². The highest BCUT2D eigenvalue weighted by molar-refractivity contribution is 7.89. The number of aromatic nitrogens is 2. The molecule has 1 saturated carbocycles. The molecule has 0 bridgehead atoms. The number of imidazole rings is 1. The number of nitrogens with one attached hydrogen (secondary N) is 1. The average molecular weight is 272 g/mol. The smallest absolute Gasteiger partial charge is 0.259 e. The lowest BCUT2D eigenvalue weighted by Crippen LogP contribution is -2.40. The molecule has 1 aliphatic carbocycles. The Morgan fingerprint density at radius 2 is 2.17 bits per heavy atom. The fourth-order valence-electron chi connectivity index (χ4n) is 2.43. The second-order valence-electron chi connectivity index (χ2n) is 5.11. The van der Waals surface area contributed by atoms with Gasteiger partial charge in [0.15, 0.2) is 5.03 Å². The predicted molar refractivity (Wildman–Crippen MR) is 68.4 cm³/mol. The monoisotopic (exact) mass is 272 g/mol. The van der Waals surface area contributed by atoms with Gasteiger partial charge in [0.1, 0.15) is 0 Å². The van der Waals surface area contributed by atoms with E-state index in [9.17, 15) is 8.42 Å². The molecule has 1 aliphatic rings. The minimum atomic E-state index is -3.51. The summed E-state index contributed by atoms with van der Waals surface area (Å²) in [4.78, 5) is 3.86. The van der Waals surface area contributed by atoms with Gasteiger partial charge in [0.2, 0.25) is 0 Å². The van der Waals surface area contributed by atoms with E-state index in [0.29, 0.717) is 13.1 Å². The van der Waals surface area contributed by atoms with Gasteiger partial charge >= 0.3 is 0 Å². The van der Waals surface area contributed by atoms with Crippen molar-refractivity contribution in [2.24, 2.45) is 18.2 Å². The van der Waals surface area contributed by atoms with E-state index in [1.165, 1.54) is 12.5 Å². The second kappa shape index (κ2) is 4.99. The second-order valence-corrected chi connectivity index (χ2v) is 6.83. The van der Waals surface area contributed by atoms with Crippen LogP contribution in [-0.4, -0.2) is 31.1 Å². The standard InChI is InChI=1S/C11H20N4O2S/c1-15-6-10(13-9-15)18(16,17)14-8-11(7-12)4-2-3-5-11/h6,9,14H,2-5,7-8,12H2,1H3. The van der Waals surface area contributed by atoms with Crippen LogP contribution in [0.25, 0.3) is 0 Å². The van der Waals surface area contributed by atoms with Gasteiger partial charge in [-0.05, 0) is 24.8 Å². The van der Waals surface area contributed by atoms with Gasteiger partial charge in [-0.2, -0.15) is 0 Å². The number of aryl methyl sites for hydroxylation is 1. The molecule has 0 spiro atoms. The lowest BCUT2D eigenvalue weighted by Gasteiger charge is -2.26. The van der Waals surface area contributed by atoms with Gasteiger partial charge in [-0.25, -0.2) is 18.1 Å². The van der Waals surface area contributed by atoms with Crippen molar-refractivity contribution in [3.63, 3.8) is 0 Å². The maximum Gasteiger partial charge on any atom is 0.259 e. The highest BCUT2D eigenvalue weighted by Crippen LogP contribution is 2.36. The molecule has 1 aromatic heterocycles. The summed E-state index contributed by atoms with van der Waals surface area (Å²) in [6.45, 7) is 0.931. The molecule has 3 N–H and O–H groups in total. The molecule has 6 nitrogen and oxygen atoms in total. The van der Waals surface area contributed by atoms with E-state index in [-0.39, 0.29) is 10.4 Å². The molecule has 0 unspecified atom stereocenters. The van der Waals surface area contributed by atoms with Gasteiger partial charge in [0, 0.05) is 19.8 Å². The van der Waals surface area contributed by atoms with E-state index < -0.39 is 10.0 Å². The van der Waals surface area contributed by atoms with Gasteiger partial charge < -0.3 is 10.3 Å². The van der Waals surface area contributed by atoms with E-state index in [2.05, 4.69) is 9.71 Å². The first-order valence-electron chi connectivity index (χ1n) is 6.15. The van der Waals surface area contributed by atoms with Crippen LogP contribution in [0.5, 0.6) is 0 Å². The van der Waals surface area contributed by atoms with E-state index in [0.717, 1.165) is 25.7 Å². The maximum atomic E-state index is 12.0. The molecule has 0 aliphatic heterocycles. The summed E-state index contributed by atoms with van der Waals surface area (Å²) < 4.78 is 28.3. The summed E-state index contributed by atoms with van der Waals surface area (Å²) in [5.41, 5.74) is 5.72. The van der Waals surface area contributed by atoms with Crippen LogP contribution in [0.3, 0.4) is 0 Å². The Bertz CT molecular complexity index is 503. The molecule has 0 radical (unpaired) electrons. The Labute approximate surface area is 108 Å². The van der Waals surface area contributed by atoms with Crippen molar-refractivity contribution in [2.75, 3.05) is 13.1 Å². The highest BCUT2D eigenvalue weighted by Gasteiger charge is 2.34. The molecule has 1 fully saturated rings. The van der Waals surface area contributed by atoms with Gasteiger partial charge in [-0.1, -0.05) is 12.8 Å². The average Bonchev–Trinajstić information content (AvgIpc) is 2.96. The molecule has 102 valence electrons. The zero-order valence-corrected chi connectivity index (χ0v) is 11.4. The third-order valence-electron chi connectivity index (χ3n) is 3.69. The lowest BCUT2D eigenvalue weighted by atomic mass is 9.87. The van der Waals surface area contributed by atoms with Crippen LogP contribution in [0.2, 0.25) is 0 Å². The molecule has 2 rings (SSSR count).